The van der Waals surface area contributed by atoms with Gasteiger partial charge in [-0.05, 0) is 19.1 Å². The van der Waals surface area contributed by atoms with Crippen molar-refractivity contribution in [3.8, 4) is 0 Å². The van der Waals surface area contributed by atoms with Crippen LogP contribution in [0.3, 0.4) is 0 Å². The second-order valence-electron chi connectivity index (χ2n) is 5.60. The highest BCUT2D eigenvalue weighted by Crippen LogP contribution is 2.20. The number of aryl methyl sites for hydroxylation is 1. The van der Waals surface area contributed by atoms with Crippen LogP contribution < -0.4 is 4.90 Å². The Morgan fingerprint density at radius 3 is 2.83 bits per heavy atom. The highest BCUT2D eigenvalue weighted by atomic mass is 32.1. The zero-order valence-corrected chi connectivity index (χ0v) is 14.6. The van der Waals surface area contributed by atoms with Crippen molar-refractivity contribution in [3.05, 3.63) is 41.2 Å². The molecule has 0 aliphatic heterocycles. The summed E-state index contributed by atoms with van der Waals surface area (Å²) >= 11 is 1.68. The number of fused-ring (bicyclic) bond motifs is 1. The van der Waals surface area contributed by atoms with E-state index in [1.807, 2.05) is 13.0 Å². The summed E-state index contributed by atoms with van der Waals surface area (Å²) in [6.45, 7) is 4.43. The van der Waals surface area contributed by atoms with E-state index >= 15 is 0 Å². The van der Waals surface area contributed by atoms with Crippen molar-refractivity contribution >= 4 is 27.5 Å². The minimum absolute atomic E-state index is 0.689. The fourth-order valence-electron chi connectivity index (χ4n) is 2.63. The molecular weight excluding hydrogens is 308 g/mol. The largest absolute Gasteiger partial charge is 0.383 e. The van der Waals surface area contributed by atoms with Crippen LogP contribution in [0.1, 0.15) is 11.5 Å². The number of nitrogens with zero attached hydrogens (tertiary/aromatic N) is 4. The topological polar surface area (TPSA) is 43.2 Å². The van der Waals surface area contributed by atoms with Gasteiger partial charge in [-0.1, -0.05) is 12.1 Å². The molecule has 3 aromatic rings. The molecule has 0 aliphatic carbocycles. The van der Waals surface area contributed by atoms with Crippen LogP contribution in [0.4, 0.5) is 5.13 Å². The SMILES string of the molecule is COCCn1c(CCN(C)c2nc(C)cs2)nc2ccccc21. The maximum Gasteiger partial charge on any atom is 0.185 e. The fraction of sp³-hybridized carbons (Fsp3) is 0.412. The number of imidazole rings is 1. The van der Waals surface area contributed by atoms with Gasteiger partial charge in [-0.2, -0.15) is 0 Å². The smallest absolute Gasteiger partial charge is 0.185 e. The summed E-state index contributed by atoms with van der Waals surface area (Å²) < 4.78 is 7.51. The number of likely N-dealkylation sites (N-methyl/N-ethyl adjacent to an activating group) is 1. The second kappa shape index (κ2) is 7.10. The lowest BCUT2D eigenvalue weighted by Crippen LogP contribution is -2.22. The molecule has 0 N–H and O–H groups in total. The normalized spacial score (nSPS) is 11.3. The van der Waals surface area contributed by atoms with Crippen LogP contribution in [0, 0.1) is 6.92 Å². The van der Waals surface area contributed by atoms with Gasteiger partial charge in [0.2, 0.25) is 0 Å². The first-order valence-electron chi connectivity index (χ1n) is 7.75. The summed E-state index contributed by atoms with van der Waals surface area (Å²) in [6.07, 6.45) is 0.882. The molecule has 2 aromatic heterocycles. The fourth-order valence-corrected chi connectivity index (χ4v) is 3.43. The number of para-hydroxylation sites is 2. The van der Waals surface area contributed by atoms with E-state index in [1.165, 1.54) is 5.52 Å². The Hall–Kier alpha value is -1.92. The van der Waals surface area contributed by atoms with E-state index < -0.39 is 0 Å². The summed E-state index contributed by atoms with van der Waals surface area (Å²) in [6, 6.07) is 8.28. The molecule has 0 saturated carbocycles. The molecule has 3 rings (SSSR count). The highest BCUT2D eigenvalue weighted by molar-refractivity contribution is 7.13. The molecule has 0 aliphatic rings. The van der Waals surface area contributed by atoms with E-state index in [9.17, 15) is 0 Å². The molecule has 0 spiro atoms. The van der Waals surface area contributed by atoms with Crippen molar-refractivity contribution in [2.75, 3.05) is 32.2 Å². The van der Waals surface area contributed by atoms with Crippen LogP contribution in [0.5, 0.6) is 0 Å². The Morgan fingerprint density at radius 2 is 2.09 bits per heavy atom. The maximum absolute atomic E-state index is 5.25. The monoisotopic (exact) mass is 330 g/mol. The average Bonchev–Trinajstić information content (AvgIpc) is 3.14. The Bertz CT molecular complexity index is 780. The molecule has 0 fully saturated rings. The van der Waals surface area contributed by atoms with Gasteiger partial charge in [0.15, 0.2) is 5.13 Å². The zero-order valence-electron chi connectivity index (χ0n) is 13.8. The van der Waals surface area contributed by atoms with Gasteiger partial charge in [0.25, 0.3) is 0 Å². The second-order valence-corrected chi connectivity index (χ2v) is 6.44. The molecule has 122 valence electrons. The lowest BCUT2D eigenvalue weighted by Gasteiger charge is -2.16. The standard InChI is InChI=1S/C17H22N4OS/c1-13-12-23-17(18-13)20(2)9-8-16-19-14-6-4-5-7-15(14)21(16)10-11-22-3/h4-7,12H,8-11H2,1-3H3. The first kappa shape index (κ1) is 16.0. The van der Waals surface area contributed by atoms with Gasteiger partial charge in [0.1, 0.15) is 5.82 Å². The Labute approximate surface area is 140 Å². The van der Waals surface area contributed by atoms with Crippen molar-refractivity contribution in [2.24, 2.45) is 0 Å². The summed E-state index contributed by atoms with van der Waals surface area (Å²) in [5.74, 6) is 1.10. The number of ether oxygens (including phenoxy) is 1. The number of thiazole rings is 1. The van der Waals surface area contributed by atoms with Crippen LogP contribution in [-0.2, 0) is 17.7 Å². The van der Waals surface area contributed by atoms with Crippen LogP contribution in [0.15, 0.2) is 29.6 Å². The highest BCUT2D eigenvalue weighted by Gasteiger charge is 2.12. The summed E-state index contributed by atoms with van der Waals surface area (Å²) in [5.41, 5.74) is 3.29. The van der Waals surface area contributed by atoms with Crippen molar-refractivity contribution < 1.29 is 4.74 Å². The van der Waals surface area contributed by atoms with Gasteiger partial charge in [0.05, 0.1) is 23.3 Å². The summed E-state index contributed by atoms with van der Waals surface area (Å²) in [7, 11) is 3.82. The van der Waals surface area contributed by atoms with E-state index in [0.717, 1.165) is 41.7 Å². The molecule has 0 unspecified atom stereocenters. The summed E-state index contributed by atoms with van der Waals surface area (Å²) in [4.78, 5) is 11.5. The molecule has 0 atom stereocenters. The van der Waals surface area contributed by atoms with Gasteiger partial charge >= 0.3 is 0 Å². The molecule has 6 heteroatoms. The minimum atomic E-state index is 0.689. The lowest BCUT2D eigenvalue weighted by atomic mass is 10.3. The number of rotatable bonds is 7. The van der Waals surface area contributed by atoms with Crippen molar-refractivity contribution in [1.29, 1.82) is 0 Å². The Kier molecular flexibility index (Phi) is 4.93. The predicted molar refractivity (Wildman–Crippen MR) is 95.4 cm³/mol. The molecule has 1 aromatic carbocycles. The molecule has 2 heterocycles. The van der Waals surface area contributed by atoms with E-state index in [-0.39, 0.29) is 0 Å². The first-order chi connectivity index (χ1) is 11.2. The number of methoxy groups -OCH3 is 1. The number of hydrogen-bond acceptors (Lipinski definition) is 5. The third-order valence-corrected chi connectivity index (χ3v) is 4.93. The van der Waals surface area contributed by atoms with Crippen LogP contribution >= 0.6 is 11.3 Å². The van der Waals surface area contributed by atoms with E-state index in [1.54, 1.807) is 18.4 Å². The van der Waals surface area contributed by atoms with E-state index in [0.29, 0.717) is 6.61 Å². The third-order valence-electron chi connectivity index (χ3n) is 3.86. The molecule has 0 radical (unpaired) electrons. The predicted octanol–water partition coefficient (Wildman–Crippen LogP) is 3.13. The van der Waals surface area contributed by atoms with Gasteiger partial charge in [-0.25, -0.2) is 9.97 Å². The number of anilines is 1. The van der Waals surface area contributed by atoms with Gasteiger partial charge in [0, 0.05) is 39.0 Å². The third kappa shape index (κ3) is 3.54. The summed E-state index contributed by atoms with van der Waals surface area (Å²) in [5, 5.41) is 3.14. The van der Waals surface area contributed by atoms with Crippen LogP contribution in [0.25, 0.3) is 11.0 Å². The van der Waals surface area contributed by atoms with Gasteiger partial charge in [-0.3, -0.25) is 0 Å². The van der Waals surface area contributed by atoms with E-state index in [2.05, 4.69) is 45.1 Å². The van der Waals surface area contributed by atoms with Crippen molar-refractivity contribution in [1.82, 2.24) is 14.5 Å². The number of benzene rings is 1. The molecule has 0 saturated heterocycles. The molecular formula is C17H22N4OS. The van der Waals surface area contributed by atoms with Gasteiger partial charge < -0.3 is 14.2 Å². The number of aromatic nitrogens is 3. The minimum Gasteiger partial charge on any atom is -0.383 e. The lowest BCUT2D eigenvalue weighted by molar-refractivity contribution is 0.187. The molecule has 0 bridgehead atoms. The number of hydrogen-bond donors (Lipinski definition) is 0. The average molecular weight is 330 g/mol. The zero-order chi connectivity index (χ0) is 16.2. The van der Waals surface area contributed by atoms with Crippen LogP contribution in [-0.4, -0.2) is 41.8 Å². The first-order valence-corrected chi connectivity index (χ1v) is 8.63. The maximum atomic E-state index is 5.25. The van der Waals surface area contributed by atoms with Gasteiger partial charge in [-0.15, -0.1) is 11.3 Å². The molecule has 0 amide bonds. The van der Waals surface area contributed by atoms with Crippen molar-refractivity contribution in [2.45, 2.75) is 19.9 Å². The molecule has 5 nitrogen and oxygen atoms in total. The molecule has 23 heavy (non-hydrogen) atoms. The van der Waals surface area contributed by atoms with Crippen LogP contribution in [0.2, 0.25) is 0 Å². The van der Waals surface area contributed by atoms with E-state index in [4.69, 9.17) is 9.72 Å². The van der Waals surface area contributed by atoms with Crippen molar-refractivity contribution in [3.63, 3.8) is 0 Å². The Balaban J connectivity index is 1.78. The quantitative estimate of drug-likeness (QED) is 0.667. The Morgan fingerprint density at radius 1 is 1.26 bits per heavy atom.